The van der Waals surface area contributed by atoms with E-state index in [4.69, 9.17) is 4.42 Å². The SMILES string of the molecule is CCn1c2ccc(CNC)cc2c2ccc(-c3ccco3)cc21. The summed E-state index contributed by atoms with van der Waals surface area (Å²) in [6.45, 7) is 4.03. The Bertz CT molecular complexity index is 964. The van der Waals surface area contributed by atoms with Crippen LogP contribution in [0.4, 0.5) is 0 Å². The number of nitrogens with zero attached hydrogens (tertiary/aromatic N) is 1. The van der Waals surface area contributed by atoms with Crippen LogP contribution in [0.15, 0.2) is 59.2 Å². The van der Waals surface area contributed by atoms with Crippen LogP contribution in [0.5, 0.6) is 0 Å². The van der Waals surface area contributed by atoms with Crippen LogP contribution in [-0.4, -0.2) is 11.6 Å². The maximum atomic E-state index is 5.55. The monoisotopic (exact) mass is 304 g/mol. The van der Waals surface area contributed by atoms with Crippen LogP contribution in [0.25, 0.3) is 33.1 Å². The van der Waals surface area contributed by atoms with Gasteiger partial charge in [-0.2, -0.15) is 0 Å². The molecule has 0 bridgehead atoms. The summed E-state index contributed by atoms with van der Waals surface area (Å²) in [4.78, 5) is 0. The molecule has 3 nitrogen and oxygen atoms in total. The summed E-state index contributed by atoms with van der Waals surface area (Å²) in [5.41, 5.74) is 4.98. The Morgan fingerprint density at radius 1 is 1.00 bits per heavy atom. The van der Waals surface area contributed by atoms with Gasteiger partial charge >= 0.3 is 0 Å². The molecular formula is C20H20N2O. The normalized spacial score (nSPS) is 11.6. The lowest BCUT2D eigenvalue weighted by Crippen LogP contribution is -2.04. The van der Waals surface area contributed by atoms with Crippen molar-refractivity contribution in [2.45, 2.75) is 20.0 Å². The van der Waals surface area contributed by atoms with E-state index in [-0.39, 0.29) is 0 Å². The molecule has 1 N–H and O–H groups in total. The minimum atomic E-state index is 0.888. The van der Waals surface area contributed by atoms with E-state index >= 15 is 0 Å². The average molecular weight is 304 g/mol. The van der Waals surface area contributed by atoms with Crippen molar-refractivity contribution in [2.75, 3.05) is 7.05 Å². The van der Waals surface area contributed by atoms with Gasteiger partial charge in [-0.3, -0.25) is 0 Å². The summed E-state index contributed by atoms with van der Waals surface area (Å²) in [6, 6.07) is 17.3. The van der Waals surface area contributed by atoms with Gasteiger partial charge in [0.1, 0.15) is 5.76 Å². The first kappa shape index (κ1) is 14.1. The van der Waals surface area contributed by atoms with Crippen LogP contribution in [-0.2, 0) is 13.1 Å². The molecule has 0 unspecified atom stereocenters. The van der Waals surface area contributed by atoms with Crippen molar-refractivity contribution in [3.05, 3.63) is 60.4 Å². The summed E-state index contributed by atoms with van der Waals surface area (Å²) >= 11 is 0. The molecule has 2 aromatic carbocycles. The summed E-state index contributed by atoms with van der Waals surface area (Å²) in [6.07, 6.45) is 1.72. The Kier molecular flexibility index (Phi) is 3.43. The Morgan fingerprint density at radius 3 is 2.65 bits per heavy atom. The summed E-state index contributed by atoms with van der Waals surface area (Å²) in [5.74, 6) is 0.913. The van der Waals surface area contributed by atoms with Crippen LogP contribution in [0.1, 0.15) is 12.5 Å². The molecule has 116 valence electrons. The number of benzene rings is 2. The average Bonchev–Trinajstić information content (AvgIpc) is 3.20. The number of furan rings is 1. The summed E-state index contributed by atoms with van der Waals surface area (Å²) < 4.78 is 7.92. The van der Waals surface area contributed by atoms with Crippen LogP contribution in [0, 0.1) is 0 Å². The molecule has 0 aliphatic heterocycles. The zero-order chi connectivity index (χ0) is 15.8. The van der Waals surface area contributed by atoms with Crippen LogP contribution < -0.4 is 5.32 Å². The van der Waals surface area contributed by atoms with Gasteiger partial charge in [-0.25, -0.2) is 0 Å². The highest BCUT2D eigenvalue weighted by atomic mass is 16.3. The molecule has 4 aromatic rings. The van der Waals surface area contributed by atoms with Crippen LogP contribution in [0.3, 0.4) is 0 Å². The van der Waals surface area contributed by atoms with Crippen LogP contribution >= 0.6 is 0 Å². The third-order valence-corrected chi connectivity index (χ3v) is 4.43. The fraction of sp³-hybridized carbons (Fsp3) is 0.200. The van der Waals surface area contributed by atoms with Crippen LogP contribution in [0.2, 0.25) is 0 Å². The topological polar surface area (TPSA) is 30.1 Å². The molecule has 2 aromatic heterocycles. The van der Waals surface area contributed by atoms with E-state index in [1.165, 1.54) is 27.4 Å². The van der Waals surface area contributed by atoms with Crippen molar-refractivity contribution in [3.63, 3.8) is 0 Å². The Morgan fingerprint density at radius 2 is 1.91 bits per heavy atom. The second kappa shape index (κ2) is 5.60. The van der Waals surface area contributed by atoms with Gasteiger partial charge < -0.3 is 14.3 Å². The number of fused-ring (bicyclic) bond motifs is 3. The first-order valence-corrected chi connectivity index (χ1v) is 8.05. The largest absolute Gasteiger partial charge is 0.464 e. The fourth-order valence-corrected chi connectivity index (χ4v) is 3.40. The maximum Gasteiger partial charge on any atom is 0.133 e. The van der Waals surface area contributed by atoms with Gasteiger partial charge in [0.05, 0.1) is 6.26 Å². The van der Waals surface area contributed by atoms with E-state index in [0.29, 0.717) is 0 Å². The fourth-order valence-electron chi connectivity index (χ4n) is 3.40. The molecule has 0 aliphatic rings. The minimum absolute atomic E-state index is 0.888. The van der Waals surface area contributed by atoms with Gasteiger partial charge in [-0.15, -0.1) is 0 Å². The predicted molar refractivity (Wildman–Crippen MR) is 95.6 cm³/mol. The quantitative estimate of drug-likeness (QED) is 0.587. The Balaban J connectivity index is 1.99. The second-order valence-electron chi connectivity index (χ2n) is 5.84. The smallest absolute Gasteiger partial charge is 0.133 e. The number of hydrogen-bond acceptors (Lipinski definition) is 2. The number of hydrogen-bond donors (Lipinski definition) is 1. The lowest BCUT2D eigenvalue weighted by atomic mass is 10.1. The molecule has 0 atom stereocenters. The van der Waals surface area contributed by atoms with Crippen molar-refractivity contribution in [2.24, 2.45) is 0 Å². The molecule has 23 heavy (non-hydrogen) atoms. The molecule has 4 rings (SSSR count). The summed E-state index contributed by atoms with van der Waals surface area (Å²) in [5, 5.41) is 5.85. The Labute approximate surface area is 135 Å². The van der Waals surface area contributed by atoms with Gasteiger partial charge in [-0.05, 0) is 49.9 Å². The molecule has 3 heteroatoms. The summed E-state index contributed by atoms with van der Waals surface area (Å²) in [7, 11) is 1.98. The minimum Gasteiger partial charge on any atom is -0.464 e. The third-order valence-electron chi connectivity index (χ3n) is 4.43. The van der Waals surface area contributed by atoms with Gasteiger partial charge in [0, 0.05) is 40.5 Å². The third kappa shape index (κ3) is 2.25. The molecular weight excluding hydrogens is 284 g/mol. The first-order valence-electron chi connectivity index (χ1n) is 8.05. The number of nitrogens with one attached hydrogen (secondary N) is 1. The zero-order valence-electron chi connectivity index (χ0n) is 13.5. The van der Waals surface area contributed by atoms with Crippen molar-refractivity contribution in [1.29, 1.82) is 0 Å². The number of aromatic nitrogens is 1. The molecule has 0 spiro atoms. The predicted octanol–water partition coefficient (Wildman–Crippen LogP) is 4.79. The molecule has 0 saturated heterocycles. The van der Waals surface area contributed by atoms with E-state index in [1.807, 2.05) is 19.2 Å². The molecule has 0 amide bonds. The lowest BCUT2D eigenvalue weighted by Gasteiger charge is -2.05. The van der Waals surface area contributed by atoms with Crippen molar-refractivity contribution in [3.8, 4) is 11.3 Å². The number of aryl methyl sites for hydroxylation is 1. The molecule has 0 saturated carbocycles. The van der Waals surface area contributed by atoms with E-state index in [9.17, 15) is 0 Å². The maximum absolute atomic E-state index is 5.55. The van der Waals surface area contributed by atoms with Gasteiger partial charge in [0.2, 0.25) is 0 Å². The molecule has 2 heterocycles. The standard InChI is InChI=1S/C20H20N2O/c1-3-22-18-9-6-14(13-21-2)11-17(18)16-8-7-15(12-19(16)22)20-5-4-10-23-20/h4-12,21H,3,13H2,1-2H3. The zero-order valence-corrected chi connectivity index (χ0v) is 13.5. The highest BCUT2D eigenvalue weighted by Gasteiger charge is 2.12. The van der Waals surface area contributed by atoms with Crippen molar-refractivity contribution in [1.82, 2.24) is 9.88 Å². The number of rotatable bonds is 4. The van der Waals surface area contributed by atoms with Gasteiger partial charge in [-0.1, -0.05) is 18.2 Å². The lowest BCUT2D eigenvalue weighted by molar-refractivity contribution is 0.582. The van der Waals surface area contributed by atoms with Gasteiger partial charge in [0.15, 0.2) is 0 Å². The van der Waals surface area contributed by atoms with E-state index in [1.54, 1.807) is 6.26 Å². The van der Waals surface area contributed by atoms with E-state index < -0.39 is 0 Å². The molecule has 0 radical (unpaired) electrons. The van der Waals surface area contributed by atoms with Gasteiger partial charge in [0.25, 0.3) is 0 Å². The second-order valence-corrected chi connectivity index (χ2v) is 5.84. The first-order chi connectivity index (χ1) is 11.3. The van der Waals surface area contributed by atoms with E-state index in [2.05, 4.69) is 53.2 Å². The van der Waals surface area contributed by atoms with E-state index in [0.717, 1.165) is 24.4 Å². The highest BCUT2D eigenvalue weighted by Crippen LogP contribution is 2.33. The molecule has 0 fully saturated rings. The Hall–Kier alpha value is -2.52. The molecule has 0 aliphatic carbocycles. The highest BCUT2D eigenvalue weighted by molar-refractivity contribution is 6.09. The van der Waals surface area contributed by atoms with Crippen molar-refractivity contribution < 1.29 is 4.42 Å². The van der Waals surface area contributed by atoms with Crippen molar-refractivity contribution >= 4 is 21.8 Å².